The summed E-state index contributed by atoms with van der Waals surface area (Å²) in [6.07, 6.45) is 0.417. The molecule has 1 saturated heterocycles. The van der Waals surface area contributed by atoms with Gasteiger partial charge in [0.15, 0.2) is 5.13 Å². The molecule has 0 saturated carbocycles. The van der Waals surface area contributed by atoms with Crippen LogP contribution in [0.1, 0.15) is 40.2 Å². The SMILES string of the molecule is N#Cc1cc(C[C@H](Nc2nc3ccccc3s2)c2nc3ccccc3[nH]2)ccc1C1CC(=O)NS1(O)O. The largest absolute Gasteiger partial charge is 0.351 e. The number of thiazole rings is 1. The summed E-state index contributed by atoms with van der Waals surface area (Å²) in [6.45, 7) is 0. The van der Waals surface area contributed by atoms with Crippen LogP contribution in [0.2, 0.25) is 0 Å². The third kappa shape index (κ3) is 4.52. The number of para-hydroxylation sites is 3. The number of amides is 1. The highest BCUT2D eigenvalue weighted by molar-refractivity contribution is 8.23. The number of hydrogen-bond donors (Lipinski definition) is 5. The lowest BCUT2D eigenvalue weighted by Gasteiger charge is -2.33. The summed E-state index contributed by atoms with van der Waals surface area (Å²) in [5, 5.41) is 13.3. The second kappa shape index (κ2) is 9.17. The quantitative estimate of drug-likeness (QED) is 0.190. The van der Waals surface area contributed by atoms with E-state index in [2.05, 4.69) is 21.1 Å². The molecule has 37 heavy (non-hydrogen) atoms. The van der Waals surface area contributed by atoms with Gasteiger partial charge in [-0.2, -0.15) is 5.26 Å². The minimum atomic E-state index is -3.35. The molecule has 1 unspecified atom stereocenters. The molecule has 6 rings (SSSR count). The Morgan fingerprint density at radius 2 is 1.89 bits per heavy atom. The van der Waals surface area contributed by atoms with Gasteiger partial charge in [0.25, 0.3) is 0 Å². The lowest BCUT2D eigenvalue weighted by molar-refractivity contribution is -0.118. The number of carbonyl (C=O) groups is 1. The topological polar surface area (TPSA) is 147 Å². The maximum absolute atomic E-state index is 11.8. The van der Waals surface area contributed by atoms with Crippen LogP contribution in [0.3, 0.4) is 0 Å². The molecule has 0 bridgehead atoms. The number of aromatic nitrogens is 3. The van der Waals surface area contributed by atoms with Crippen molar-refractivity contribution in [3.63, 3.8) is 0 Å². The first-order valence-electron chi connectivity index (χ1n) is 11.6. The first kappa shape index (κ1) is 23.4. The molecule has 11 heteroatoms. The third-order valence-corrected chi connectivity index (χ3v) is 9.10. The normalized spacial score (nSPS) is 18.4. The summed E-state index contributed by atoms with van der Waals surface area (Å²) in [7, 11) is -3.35. The van der Waals surface area contributed by atoms with Crippen LogP contribution >= 0.6 is 22.1 Å². The highest BCUT2D eigenvalue weighted by atomic mass is 32.3. The average Bonchev–Trinajstić information content (AvgIpc) is 3.57. The van der Waals surface area contributed by atoms with Crippen molar-refractivity contribution in [1.29, 1.82) is 5.26 Å². The van der Waals surface area contributed by atoms with Crippen LogP contribution in [0.25, 0.3) is 21.3 Å². The van der Waals surface area contributed by atoms with Crippen LogP contribution in [-0.4, -0.2) is 30.0 Å². The number of nitrogens with zero attached hydrogens (tertiary/aromatic N) is 3. The van der Waals surface area contributed by atoms with Crippen molar-refractivity contribution >= 4 is 54.4 Å². The molecule has 1 aliphatic heterocycles. The van der Waals surface area contributed by atoms with E-state index in [1.807, 2.05) is 54.6 Å². The Labute approximate surface area is 217 Å². The van der Waals surface area contributed by atoms with E-state index in [1.54, 1.807) is 23.5 Å². The molecule has 2 atom stereocenters. The molecule has 0 spiro atoms. The highest BCUT2D eigenvalue weighted by Crippen LogP contribution is 2.56. The fraction of sp³-hybridized carbons (Fsp3) is 0.154. The molecule has 186 valence electrons. The summed E-state index contributed by atoms with van der Waals surface area (Å²) < 4.78 is 24.0. The van der Waals surface area contributed by atoms with Crippen LogP contribution in [0.15, 0.2) is 66.7 Å². The Balaban J connectivity index is 1.35. The van der Waals surface area contributed by atoms with Crippen LogP contribution < -0.4 is 10.0 Å². The van der Waals surface area contributed by atoms with Gasteiger partial charge in [-0.1, -0.05) is 47.7 Å². The van der Waals surface area contributed by atoms with Gasteiger partial charge in [0, 0.05) is 0 Å². The number of imidazole rings is 1. The first-order valence-corrected chi connectivity index (χ1v) is 14.0. The van der Waals surface area contributed by atoms with Gasteiger partial charge in [0.1, 0.15) is 11.1 Å². The van der Waals surface area contributed by atoms with Gasteiger partial charge in [0.2, 0.25) is 5.91 Å². The molecule has 0 aliphatic carbocycles. The third-order valence-electron chi connectivity index (χ3n) is 6.39. The van der Waals surface area contributed by atoms with Gasteiger partial charge < -0.3 is 10.3 Å². The molecule has 2 aromatic heterocycles. The summed E-state index contributed by atoms with van der Waals surface area (Å²) >= 11 is 1.56. The fourth-order valence-electron chi connectivity index (χ4n) is 4.63. The number of carbonyl (C=O) groups excluding carboxylic acids is 1. The Morgan fingerprint density at radius 3 is 2.62 bits per heavy atom. The first-order chi connectivity index (χ1) is 17.9. The summed E-state index contributed by atoms with van der Waals surface area (Å²) in [5.41, 5.74) is 4.29. The van der Waals surface area contributed by atoms with Gasteiger partial charge in [-0.15, -0.1) is 10.8 Å². The van der Waals surface area contributed by atoms with Crippen molar-refractivity contribution in [2.24, 2.45) is 0 Å². The Bertz CT molecular complexity index is 1620. The molecule has 3 aromatic carbocycles. The van der Waals surface area contributed by atoms with Crippen LogP contribution in [-0.2, 0) is 11.2 Å². The van der Waals surface area contributed by atoms with Crippen LogP contribution in [0.5, 0.6) is 0 Å². The summed E-state index contributed by atoms with van der Waals surface area (Å²) in [6, 6.07) is 22.9. The number of nitriles is 1. The van der Waals surface area contributed by atoms with Gasteiger partial charge >= 0.3 is 0 Å². The lowest BCUT2D eigenvalue weighted by Crippen LogP contribution is -2.18. The van der Waals surface area contributed by atoms with E-state index in [-0.39, 0.29) is 12.5 Å². The average molecular weight is 531 g/mol. The van der Waals surface area contributed by atoms with E-state index in [9.17, 15) is 19.2 Å². The van der Waals surface area contributed by atoms with E-state index < -0.39 is 21.9 Å². The van der Waals surface area contributed by atoms with E-state index in [0.717, 1.165) is 37.8 Å². The van der Waals surface area contributed by atoms with E-state index in [0.29, 0.717) is 17.5 Å². The molecule has 1 aliphatic rings. The second-order valence-corrected chi connectivity index (χ2v) is 11.9. The predicted molar refractivity (Wildman–Crippen MR) is 145 cm³/mol. The molecule has 1 fully saturated rings. The van der Waals surface area contributed by atoms with Crippen molar-refractivity contribution in [3.8, 4) is 6.07 Å². The van der Waals surface area contributed by atoms with Crippen molar-refractivity contribution in [2.75, 3.05) is 5.32 Å². The Kier molecular flexibility index (Phi) is 5.81. The number of fused-ring (bicyclic) bond motifs is 2. The molecule has 5 N–H and O–H groups in total. The molecule has 9 nitrogen and oxygen atoms in total. The fourth-order valence-corrected chi connectivity index (χ4v) is 7.05. The number of nitrogens with one attached hydrogen (secondary N) is 3. The second-order valence-electron chi connectivity index (χ2n) is 8.87. The van der Waals surface area contributed by atoms with Gasteiger partial charge in [0.05, 0.1) is 45.3 Å². The van der Waals surface area contributed by atoms with Crippen molar-refractivity contribution in [2.45, 2.75) is 24.1 Å². The minimum Gasteiger partial charge on any atom is -0.351 e. The molecule has 1 amide bonds. The number of aromatic amines is 1. The smallest absolute Gasteiger partial charge is 0.240 e. The number of hydrogen-bond acceptors (Lipinski definition) is 8. The van der Waals surface area contributed by atoms with Gasteiger partial charge in [-0.25, -0.2) is 9.97 Å². The zero-order valence-corrected chi connectivity index (χ0v) is 21.0. The van der Waals surface area contributed by atoms with Gasteiger partial charge in [-0.3, -0.25) is 18.6 Å². The molecule has 5 aromatic rings. The molecular formula is C26H22N6O3S2. The Hall–Kier alpha value is -3.95. The Morgan fingerprint density at radius 1 is 1.11 bits per heavy atom. The number of rotatable bonds is 6. The lowest BCUT2D eigenvalue weighted by atomic mass is 9.97. The summed E-state index contributed by atoms with van der Waals surface area (Å²) in [4.78, 5) is 24.7. The van der Waals surface area contributed by atoms with Crippen LogP contribution in [0.4, 0.5) is 5.13 Å². The maximum Gasteiger partial charge on any atom is 0.240 e. The van der Waals surface area contributed by atoms with Crippen molar-refractivity contribution < 1.29 is 13.9 Å². The molecule has 0 radical (unpaired) electrons. The van der Waals surface area contributed by atoms with Crippen molar-refractivity contribution in [3.05, 3.63) is 89.2 Å². The molecule has 3 heterocycles. The van der Waals surface area contributed by atoms with Crippen molar-refractivity contribution in [1.82, 2.24) is 19.7 Å². The predicted octanol–water partition coefficient (Wildman–Crippen LogP) is 5.67. The standard InChI is InChI=1S/C26H22N6O3S2/c27-14-16-11-15(9-10-17(16)23-13-24(33)32-37(23,34)35)12-21(25-28-18-5-1-2-6-19(18)29-25)31-26-30-20-7-3-4-8-22(20)36-26/h1-11,21,23,34-35H,12-13H2,(H,28,29)(H,30,31)(H,32,33)/t21-,23?/m0/s1. The minimum absolute atomic E-state index is 0.0723. The number of benzene rings is 3. The van der Waals surface area contributed by atoms with Crippen LogP contribution in [0, 0.1) is 11.3 Å². The van der Waals surface area contributed by atoms with Gasteiger partial charge in [-0.05, 0) is 47.9 Å². The zero-order chi connectivity index (χ0) is 25.6. The number of anilines is 1. The monoisotopic (exact) mass is 530 g/mol. The van der Waals surface area contributed by atoms with E-state index >= 15 is 0 Å². The molecular weight excluding hydrogens is 508 g/mol. The maximum atomic E-state index is 11.8. The zero-order valence-electron chi connectivity index (χ0n) is 19.4. The van der Waals surface area contributed by atoms with E-state index in [4.69, 9.17) is 9.97 Å². The number of H-pyrrole nitrogens is 1. The van der Waals surface area contributed by atoms with E-state index in [1.165, 1.54) is 0 Å². The summed E-state index contributed by atoms with van der Waals surface area (Å²) in [5.74, 6) is 0.297. The highest BCUT2D eigenvalue weighted by Gasteiger charge is 2.39.